The van der Waals surface area contributed by atoms with Crippen LogP contribution in [0.1, 0.15) is 48.8 Å². The van der Waals surface area contributed by atoms with E-state index in [1.54, 1.807) is 20.4 Å². The van der Waals surface area contributed by atoms with E-state index in [2.05, 4.69) is 11.1 Å². The molecule has 1 aromatic heterocycles. The van der Waals surface area contributed by atoms with Crippen molar-refractivity contribution in [2.75, 3.05) is 27.4 Å². The van der Waals surface area contributed by atoms with Gasteiger partial charge in [0.05, 0.1) is 45.3 Å². The number of aliphatic hydroxyl groups excluding tert-OH is 6. The van der Waals surface area contributed by atoms with Crippen molar-refractivity contribution in [1.29, 1.82) is 0 Å². The van der Waals surface area contributed by atoms with Gasteiger partial charge in [0.25, 0.3) is 0 Å². The summed E-state index contributed by atoms with van der Waals surface area (Å²) >= 11 is 0. The first kappa shape index (κ1) is 32.2. The van der Waals surface area contributed by atoms with E-state index < -0.39 is 37.0 Å². The highest BCUT2D eigenvalue weighted by molar-refractivity contribution is 6.14. The number of ether oxygens (including phenoxy) is 3. The van der Waals surface area contributed by atoms with Crippen LogP contribution in [0.4, 0.5) is 0 Å². The SMILES string of the molecule is CCOc1cc2c(cc1OC)C(c1ccc(OC)nc1)=N[C@@H]1CC[C@@H](O)C[C@H]21.O=C(O)[C@H](O)[C@H](O)[C@H](O)[C@@H](O)CO. The molecular formula is C28H38N2O11. The number of aromatic nitrogens is 1. The average molecular weight is 579 g/mol. The highest BCUT2D eigenvalue weighted by atomic mass is 16.5. The van der Waals surface area contributed by atoms with Gasteiger partial charge < -0.3 is 50.0 Å². The molecule has 1 saturated carbocycles. The van der Waals surface area contributed by atoms with Crippen LogP contribution in [0.3, 0.4) is 0 Å². The predicted octanol–water partition coefficient (Wildman–Crippen LogP) is -0.148. The number of methoxy groups -OCH3 is 2. The van der Waals surface area contributed by atoms with E-state index in [1.165, 1.54) is 0 Å². The molecule has 1 fully saturated rings. The van der Waals surface area contributed by atoms with E-state index in [1.807, 2.05) is 25.1 Å². The van der Waals surface area contributed by atoms with Crippen molar-refractivity contribution in [3.63, 3.8) is 0 Å². The van der Waals surface area contributed by atoms with E-state index in [0.29, 0.717) is 24.7 Å². The monoisotopic (exact) mass is 578 g/mol. The van der Waals surface area contributed by atoms with Gasteiger partial charge in [-0.2, -0.15) is 0 Å². The zero-order chi connectivity index (χ0) is 30.3. The van der Waals surface area contributed by atoms with Gasteiger partial charge in [-0.15, -0.1) is 0 Å². The second-order valence-electron chi connectivity index (χ2n) is 9.75. The number of hydrogen-bond donors (Lipinski definition) is 7. The fourth-order valence-electron chi connectivity index (χ4n) is 4.91. The van der Waals surface area contributed by atoms with Crippen molar-refractivity contribution in [2.45, 2.75) is 68.7 Å². The first-order chi connectivity index (χ1) is 19.6. The number of carboxylic acids is 1. The molecule has 0 spiro atoms. The Bertz CT molecular complexity index is 1190. The Labute approximate surface area is 237 Å². The Balaban J connectivity index is 0.000000302. The third kappa shape index (κ3) is 7.50. The van der Waals surface area contributed by atoms with Crippen LogP contribution >= 0.6 is 0 Å². The molecule has 13 heteroatoms. The van der Waals surface area contributed by atoms with E-state index in [0.717, 1.165) is 41.0 Å². The molecule has 4 rings (SSSR count). The standard InChI is InChI=1S/C22H26N2O4.C6H12O7/c1-4-28-20-10-15-16-9-14(25)6-7-18(16)24-22(17(15)11-19(20)26-2)13-5-8-21(27-3)23-12-13;7-1-2(8)3(9)4(10)5(11)6(12)13/h5,8,10-12,14,16,18,25H,4,6-7,9H2,1-3H3;2-5,7-11H,1H2,(H,12,13)/t14-,16-,18-;2-,3+,4+,5+/m10/s1. The molecule has 2 heterocycles. The molecule has 1 aromatic carbocycles. The minimum atomic E-state index is -2.20. The number of aliphatic carboxylic acids is 1. The second-order valence-corrected chi connectivity index (χ2v) is 9.75. The van der Waals surface area contributed by atoms with Crippen molar-refractivity contribution in [3.8, 4) is 17.4 Å². The molecule has 0 saturated heterocycles. The van der Waals surface area contributed by atoms with E-state index in [-0.39, 0.29) is 18.1 Å². The number of fused-ring (bicyclic) bond motifs is 3. The van der Waals surface area contributed by atoms with Gasteiger partial charge in [0.15, 0.2) is 17.6 Å². The normalized spacial score (nSPS) is 22.4. The maximum atomic E-state index is 10.3. The van der Waals surface area contributed by atoms with Gasteiger partial charge in [0.2, 0.25) is 5.88 Å². The lowest BCUT2D eigenvalue weighted by molar-refractivity contribution is -0.164. The summed E-state index contributed by atoms with van der Waals surface area (Å²) in [6, 6.07) is 8.05. The smallest absolute Gasteiger partial charge is 0.335 e. The second kappa shape index (κ2) is 14.5. The number of carbonyl (C=O) groups is 1. The molecule has 13 nitrogen and oxygen atoms in total. The molecule has 0 amide bonds. The highest BCUT2D eigenvalue weighted by Crippen LogP contribution is 2.45. The third-order valence-corrected chi connectivity index (χ3v) is 7.10. The van der Waals surface area contributed by atoms with Crippen molar-refractivity contribution in [3.05, 3.63) is 47.2 Å². The highest BCUT2D eigenvalue weighted by Gasteiger charge is 2.37. The van der Waals surface area contributed by atoms with Crippen molar-refractivity contribution in [2.24, 2.45) is 4.99 Å². The fourth-order valence-corrected chi connectivity index (χ4v) is 4.91. The number of pyridine rings is 1. The Morgan fingerprint density at radius 2 is 1.78 bits per heavy atom. The number of benzene rings is 1. The lowest BCUT2D eigenvalue weighted by Gasteiger charge is -2.37. The summed E-state index contributed by atoms with van der Waals surface area (Å²) in [6.07, 6.45) is -3.96. The number of rotatable bonds is 10. The average Bonchev–Trinajstić information content (AvgIpc) is 2.99. The minimum absolute atomic E-state index is 0.149. The van der Waals surface area contributed by atoms with Crippen LogP contribution in [0.5, 0.6) is 17.4 Å². The van der Waals surface area contributed by atoms with Gasteiger partial charge in [-0.05, 0) is 49.9 Å². The van der Waals surface area contributed by atoms with Crippen LogP contribution in [0.25, 0.3) is 0 Å². The van der Waals surface area contributed by atoms with Crippen LogP contribution < -0.4 is 14.2 Å². The summed E-state index contributed by atoms with van der Waals surface area (Å²) < 4.78 is 16.6. The quantitative estimate of drug-likeness (QED) is 0.196. The molecular weight excluding hydrogens is 540 g/mol. The molecule has 2 aliphatic rings. The molecule has 2 aromatic rings. The molecule has 0 unspecified atom stereocenters. The lowest BCUT2D eigenvalue weighted by Crippen LogP contribution is -2.48. The topological polar surface area (TPSA) is 212 Å². The molecule has 0 radical (unpaired) electrons. The molecule has 1 aliphatic heterocycles. The van der Waals surface area contributed by atoms with Crippen LogP contribution in [0, 0.1) is 0 Å². The third-order valence-electron chi connectivity index (χ3n) is 7.10. The first-order valence-corrected chi connectivity index (χ1v) is 13.2. The Morgan fingerprint density at radius 1 is 1.05 bits per heavy atom. The van der Waals surface area contributed by atoms with E-state index >= 15 is 0 Å². The number of aliphatic imine (C=N–C) groups is 1. The molecule has 7 atom stereocenters. The predicted molar refractivity (Wildman–Crippen MR) is 146 cm³/mol. The van der Waals surface area contributed by atoms with Gasteiger partial charge >= 0.3 is 5.97 Å². The van der Waals surface area contributed by atoms with Crippen molar-refractivity contribution in [1.82, 2.24) is 4.98 Å². The van der Waals surface area contributed by atoms with Gasteiger partial charge in [-0.25, -0.2) is 9.78 Å². The summed E-state index contributed by atoms with van der Waals surface area (Å²) in [7, 11) is 3.25. The maximum Gasteiger partial charge on any atom is 0.335 e. The summed E-state index contributed by atoms with van der Waals surface area (Å²) in [4.78, 5) is 19.5. The van der Waals surface area contributed by atoms with Crippen molar-refractivity contribution < 1.29 is 54.8 Å². The Morgan fingerprint density at radius 3 is 2.34 bits per heavy atom. The summed E-state index contributed by atoms with van der Waals surface area (Å²) in [5.41, 5.74) is 4.03. The molecule has 1 aliphatic carbocycles. The number of carboxylic acid groups (broad SMARTS) is 1. The molecule has 41 heavy (non-hydrogen) atoms. The number of aliphatic hydroxyl groups is 6. The number of hydrogen-bond acceptors (Lipinski definition) is 12. The Hall–Kier alpha value is -3.33. The summed E-state index contributed by atoms with van der Waals surface area (Å²) in [6.45, 7) is 1.68. The van der Waals surface area contributed by atoms with E-state index in [4.69, 9.17) is 49.8 Å². The van der Waals surface area contributed by atoms with Crippen molar-refractivity contribution >= 4 is 11.7 Å². The van der Waals surface area contributed by atoms with Gasteiger partial charge in [0, 0.05) is 29.3 Å². The van der Waals surface area contributed by atoms with Gasteiger partial charge in [-0.3, -0.25) is 4.99 Å². The first-order valence-electron chi connectivity index (χ1n) is 13.2. The fraction of sp³-hybridized carbons (Fsp3) is 0.536. The molecule has 0 bridgehead atoms. The molecule has 226 valence electrons. The number of nitrogens with zero attached hydrogens (tertiary/aromatic N) is 2. The van der Waals surface area contributed by atoms with Gasteiger partial charge in [-0.1, -0.05) is 0 Å². The van der Waals surface area contributed by atoms with Gasteiger partial charge in [0.1, 0.15) is 18.3 Å². The van der Waals surface area contributed by atoms with E-state index in [9.17, 15) is 9.90 Å². The Kier molecular flexibility index (Phi) is 11.4. The minimum Gasteiger partial charge on any atom is -0.493 e. The van der Waals surface area contributed by atoms with Crippen LogP contribution in [-0.4, -0.2) is 116 Å². The summed E-state index contributed by atoms with van der Waals surface area (Å²) in [5.74, 6) is 0.445. The zero-order valence-corrected chi connectivity index (χ0v) is 23.1. The zero-order valence-electron chi connectivity index (χ0n) is 23.1. The summed E-state index contributed by atoms with van der Waals surface area (Å²) in [5, 5.41) is 62.1. The molecule has 7 N–H and O–H groups in total. The van der Waals surface area contributed by atoms with Crippen LogP contribution in [0.15, 0.2) is 35.5 Å². The van der Waals surface area contributed by atoms with Crippen LogP contribution in [0.2, 0.25) is 0 Å². The largest absolute Gasteiger partial charge is 0.493 e. The van der Waals surface area contributed by atoms with Crippen LogP contribution in [-0.2, 0) is 4.79 Å². The lowest BCUT2D eigenvalue weighted by atomic mass is 9.74. The maximum absolute atomic E-state index is 10.3.